The standard InChI is InChI=1S/C9H14N2O4S/c1-9(2,13)6-11-16(14,15)7-3-4-8(12)10-5-7/h3-5,11,13H,6H2,1-2H3,(H,10,12). The average Bonchev–Trinajstić information content (AvgIpc) is 2.15. The van der Waals surface area contributed by atoms with Gasteiger partial charge < -0.3 is 10.1 Å². The molecular formula is C9H14N2O4S. The van der Waals surface area contributed by atoms with Crippen LogP contribution in [0.5, 0.6) is 0 Å². The Balaban J connectivity index is 2.87. The Morgan fingerprint density at radius 3 is 2.50 bits per heavy atom. The number of hydrogen-bond acceptors (Lipinski definition) is 4. The number of rotatable bonds is 4. The molecule has 0 radical (unpaired) electrons. The average molecular weight is 246 g/mol. The highest BCUT2D eigenvalue weighted by molar-refractivity contribution is 7.89. The number of aliphatic hydroxyl groups is 1. The van der Waals surface area contributed by atoms with E-state index in [4.69, 9.17) is 0 Å². The van der Waals surface area contributed by atoms with Crippen molar-refractivity contribution >= 4 is 10.0 Å². The van der Waals surface area contributed by atoms with Gasteiger partial charge >= 0.3 is 0 Å². The van der Waals surface area contributed by atoms with Gasteiger partial charge in [-0.3, -0.25) is 4.79 Å². The smallest absolute Gasteiger partial charge is 0.247 e. The van der Waals surface area contributed by atoms with E-state index >= 15 is 0 Å². The molecule has 0 aromatic carbocycles. The van der Waals surface area contributed by atoms with E-state index in [0.717, 1.165) is 12.3 Å². The quantitative estimate of drug-likeness (QED) is 0.662. The zero-order valence-electron chi connectivity index (χ0n) is 9.02. The van der Waals surface area contributed by atoms with Crippen LogP contribution in [0.1, 0.15) is 13.8 Å². The molecule has 0 aliphatic rings. The van der Waals surface area contributed by atoms with E-state index in [1.165, 1.54) is 19.9 Å². The molecule has 0 bridgehead atoms. The maximum atomic E-state index is 11.6. The molecule has 0 saturated heterocycles. The first-order valence-corrected chi connectivity index (χ1v) is 6.10. The van der Waals surface area contributed by atoms with Gasteiger partial charge in [0, 0.05) is 18.8 Å². The molecule has 0 saturated carbocycles. The highest BCUT2D eigenvalue weighted by Gasteiger charge is 2.19. The second-order valence-corrected chi connectivity index (χ2v) is 5.79. The summed E-state index contributed by atoms with van der Waals surface area (Å²) in [6.07, 6.45) is 1.11. The molecular weight excluding hydrogens is 232 g/mol. The summed E-state index contributed by atoms with van der Waals surface area (Å²) in [5.74, 6) is 0. The SMILES string of the molecule is CC(C)(O)CNS(=O)(=O)c1ccc(=O)[nH]c1. The summed E-state index contributed by atoms with van der Waals surface area (Å²) in [5.41, 5.74) is -1.50. The Labute approximate surface area is 93.4 Å². The van der Waals surface area contributed by atoms with Gasteiger partial charge in [0.1, 0.15) is 0 Å². The predicted octanol–water partition coefficient (Wildman–Crippen LogP) is -0.576. The minimum absolute atomic E-state index is 0.0450. The van der Waals surface area contributed by atoms with E-state index in [2.05, 4.69) is 9.71 Å². The Morgan fingerprint density at radius 2 is 2.06 bits per heavy atom. The van der Waals surface area contributed by atoms with Crippen LogP contribution in [0.2, 0.25) is 0 Å². The van der Waals surface area contributed by atoms with Gasteiger partial charge in [0.2, 0.25) is 15.6 Å². The number of sulfonamides is 1. The molecule has 1 aromatic heterocycles. The number of hydrogen-bond donors (Lipinski definition) is 3. The van der Waals surface area contributed by atoms with Crippen LogP contribution in [0.15, 0.2) is 28.0 Å². The van der Waals surface area contributed by atoms with Gasteiger partial charge in [-0.1, -0.05) is 0 Å². The zero-order valence-corrected chi connectivity index (χ0v) is 9.84. The van der Waals surface area contributed by atoms with Crippen molar-refractivity contribution in [3.63, 3.8) is 0 Å². The summed E-state index contributed by atoms with van der Waals surface area (Å²) in [4.78, 5) is 13.0. The molecule has 0 aliphatic heterocycles. The Bertz CT molecular complexity index is 493. The summed E-state index contributed by atoms with van der Waals surface area (Å²) in [7, 11) is -3.69. The largest absolute Gasteiger partial charge is 0.389 e. The molecule has 3 N–H and O–H groups in total. The number of H-pyrrole nitrogens is 1. The second kappa shape index (κ2) is 4.36. The predicted molar refractivity (Wildman–Crippen MR) is 58.5 cm³/mol. The Hall–Kier alpha value is -1.18. The number of aromatic amines is 1. The first kappa shape index (κ1) is 12.9. The third-order valence-corrected chi connectivity index (χ3v) is 3.16. The summed E-state index contributed by atoms with van der Waals surface area (Å²) in [5, 5.41) is 9.39. The lowest BCUT2D eigenvalue weighted by Crippen LogP contribution is -2.38. The first-order chi connectivity index (χ1) is 7.21. The van der Waals surface area contributed by atoms with Crippen LogP contribution in [-0.2, 0) is 10.0 Å². The molecule has 0 amide bonds. The first-order valence-electron chi connectivity index (χ1n) is 4.61. The lowest BCUT2D eigenvalue weighted by atomic mass is 10.1. The zero-order chi connectivity index (χ0) is 12.4. The van der Waals surface area contributed by atoms with Crippen LogP contribution < -0.4 is 10.3 Å². The fourth-order valence-electron chi connectivity index (χ4n) is 0.918. The summed E-state index contributed by atoms with van der Waals surface area (Å²) < 4.78 is 25.5. The van der Waals surface area contributed by atoms with Gasteiger partial charge in [-0.2, -0.15) is 0 Å². The van der Waals surface area contributed by atoms with Crippen molar-refractivity contribution in [2.75, 3.05) is 6.54 Å². The van der Waals surface area contributed by atoms with Crippen molar-refractivity contribution in [1.82, 2.24) is 9.71 Å². The number of aromatic nitrogens is 1. The van der Waals surface area contributed by atoms with Crippen molar-refractivity contribution in [3.05, 3.63) is 28.7 Å². The fourth-order valence-corrected chi connectivity index (χ4v) is 2.09. The summed E-state index contributed by atoms with van der Waals surface area (Å²) in [6.45, 7) is 2.87. The molecule has 1 aromatic rings. The van der Waals surface area contributed by atoms with Crippen molar-refractivity contribution in [1.29, 1.82) is 0 Å². The van der Waals surface area contributed by atoms with Crippen LogP contribution >= 0.6 is 0 Å². The second-order valence-electron chi connectivity index (χ2n) is 4.03. The molecule has 1 rings (SSSR count). The third-order valence-electron chi connectivity index (χ3n) is 1.76. The van der Waals surface area contributed by atoms with E-state index in [0.29, 0.717) is 0 Å². The third kappa shape index (κ3) is 3.76. The van der Waals surface area contributed by atoms with E-state index < -0.39 is 15.6 Å². The minimum Gasteiger partial charge on any atom is -0.389 e. The van der Waals surface area contributed by atoms with Crippen LogP contribution in [0.3, 0.4) is 0 Å². The number of nitrogens with one attached hydrogen (secondary N) is 2. The molecule has 6 nitrogen and oxygen atoms in total. The van der Waals surface area contributed by atoms with E-state index in [-0.39, 0.29) is 17.0 Å². The number of pyridine rings is 1. The van der Waals surface area contributed by atoms with E-state index in [1.54, 1.807) is 0 Å². The van der Waals surface area contributed by atoms with E-state index in [1.807, 2.05) is 0 Å². The fraction of sp³-hybridized carbons (Fsp3) is 0.444. The molecule has 1 heterocycles. The van der Waals surface area contributed by atoms with Crippen molar-refractivity contribution < 1.29 is 13.5 Å². The van der Waals surface area contributed by atoms with Gasteiger partial charge in [-0.05, 0) is 19.9 Å². The Kier molecular flexibility index (Phi) is 3.51. The summed E-state index contributed by atoms with van der Waals surface area (Å²) >= 11 is 0. The lowest BCUT2D eigenvalue weighted by molar-refractivity contribution is 0.0857. The molecule has 0 fully saturated rings. The molecule has 0 spiro atoms. The van der Waals surface area contributed by atoms with Crippen LogP contribution in [0.4, 0.5) is 0 Å². The maximum absolute atomic E-state index is 11.6. The topological polar surface area (TPSA) is 99.3 Å². The highest BCUT2D eigenvalue weighted by atomic mass is 32.2. The van der Waals surface area contributed by atoms with Crippen LogP contribution in [0.25, 0.3) is 0 Å². The van der Waals surface area contributed by atoms with Crippen LogP contribution in [0, 0.1) is 0 Å². The van der Waals surface area contributed by atoms with Gasteiger partial charge in [0.25, 0.3) is 0 Å². The van der Waals surface area contributed by atoms with E-state index in [9.17, 15) is 18.3 Å². The van der Waals surface area contributed by atoms with Gasteiger partial charge in [0.15, 0.2) is 0 Å². The van der Waals surface area contributed by atoms with Gasteiger partial charge in [0.05, 0.1) is 10.5 Å². The molecule has 16 heavy (non-hydrogen) atoms. The maximum Gasteiger partial charge on any atom is 0.247 e. The highest BCUT2D eigenvalue weighted by Crippen LogP contribution is 2.06. The molecule has 0 unspecified atom stereocenters. The van der Waals surface area contributed by atoms with Gasteiger partial charge in [-0.15, -0.1) is 0 Å². The minimum atomic E-state index is -3.69. The van der Waals surface area contributed by atoms with Crippen molar-refractivity contribution in [3.8, 4) is 0 Å². The summed E-state index contributed by atoms with van der Waals surface area (Å²) in [6, 6.07) is 2.32. The Morgan fingerprint density at radius 1 is 1.44 bits per heavy atom. The van der Waals surface area contributed by atoms with Gasteiger partial charge in [-0.25, -0.2) is 13.1 Å². The normalized spacial score (nSPS) is 12.7. The lowest BCUT2D eigenvalue weighted by Gasteiger charge is -2.17. The van der Waals surface area contributed by atoms with Crippen molar-refractivity contribution in [2.45, 2.75) is 24.3 Å². The van der Waals surface area contributed by atoms with Crippen LogP contribution in [-0.4, -0.2) is 30.7 Å². The van der Waals surface area contributed by atoms with Crippen molar-refractivity contribution in [2.24, 2.45) is 0 Å². The molecule has 7 heteroatoms. The molecule has 0 aliphatic carbocycles. The molecule has 90 valence electrons. The molecule has 0 atom stereocenters. The monoisotopic (exact) mass is 246 g/mol.